The highest BCUT2D eigenvalue weighted by molar-refractivity contribution is 5.70. The van der Waals surface area contributed by atoms with E-state index in [1.165, 1.54) is 13.8 Å². The van der Waals surface area contributed by atoms with Gasteiger partial charge in [0, 0.05) is 0 Å². The average Bonchev–Trinajstić information content (AvgIpc) is 2.21. The van der Waals surface area contributed by atoms with Crippen molar-refractivity contribution < 1.29 is 18.7 Å². The number of hydrogen-bond acceptors (Lipinski definition) is 1. The first-order chi connectivity index (χ1) is 7.34. The van der Waals surface area contributed by atoms with Crippen LogP contribution in [0, 0.1) is 24.5 Å². The summed E-state index contributed by atoms with van der Waals surface area (Å²) >= 11 is 0. The summed E-state index contributed by atoms with van der Waals surface area (Å²) in [5.74, 6) is -3.41. The molecule has 1 rings (SSSR count). The Kier molecular flexibility index (Phi) is 3.62. The van der Waals surface area contributed by atoms with E-state index in [1.54, 1.807) is 6.92 Å². The minimum atomic E-state index is -1.02. The van der Waals surface area contributed by atoms with Gasteiger partial charge in [-0.1, -0.05) is 13.8 Å². The zero-order valence-electron chi connectivity index (χ0n) is 9.42. The molecule has 0 amide bonds. The standard InChI is InChI=1S/C12H14F2O2/c1-6-4-11(14)9(5-10(6)13)7(2)8(3)12(15)16/h4-5,7-8H,1-3H3,(H,15,16). The molecule has 2 atom stereocenters. The summed E-state index contributed by atoms with van der Waals surface area (Å²) < 4.78 is 26.8. The summed E-state index contributed by atoms with van der Waals surface area (Å²) in [5, 5.41) is 8.81. The zero-order valence-corrected chi connectivity index (χ0v) is 9.42. The topological polar surface area (TPSA) is 37.3 Å². The molecule has 0 fully saturated rings. The maximum Gasteiger partial charge on any atom is 0.306 e. The van der Waals surface area contributed by atoms with Crippen molar-refractivity contribution in [3.63, 3.8) is 0 Å². The summed E-state index contributed by atoms with van der Waals surface area (Å²) in [6.07, 6.45) is 0. The van der Waals surface area contributed by atoms with E-state index in [0.29, 0.717) is 0 Å². The summed E-state index contributed by atoms with van der Waals surface area (Å²) in [4.78, 5) is 10.8. The number of benzene rings is 1. The van der Waals surface area contributed by atoms with E-state index in [-0.39, 0.29) is 11.1 Å². The molecule has 0 aliphatic heterocycles. The molecule has 2 unspecified atom stereocenters. The van der Waals surface area contributed by atoms with Crippen LogP contribution in [0.3, 0.4) is 0 Å². The Balaban J connectivity index is 3.13. The molecule has 0 radical (unpaired) electrons. The molecule has 4 heteroatoms. The highest BCUT2D eigenvalue weighted by atomic mass is 19.1. The van der Waals surface area contributed by atoms with Crippen molar-refractivity contribution in [1.29, 1.82) is 0 Å². The summed E-state index contributed by atoms with van der Waals surface area (Å²) in [5.41, 5.74) is 0.328. The fourth-order valence-electron chi connectivity index (χ4n) is 1.49. The Bertz CT molecular complexity index is 416. The van der Waals surface area contributed by atoms with Gasteiger partial charge in [-0.05, 0) is 36.1 Å². The van der Waals surface area contributed by atoms with Crippen LogP contribution in [-0.2, 0) is 4.79 Å². The molecule has 1 aromatic rings. The molecule has 2 nitrogen and oxygen atoms in total. The van der Waals surface area contributed by atoms with Gasteiger partial charge >= 0.3 is 5.97 Å². The van der Waals surface area contributed by atoms with E-state index < -0.39 is 29.4 Å². The van der Waals surface area contributed by atoms with Crippen LogP contribution in [0.4, 0.5) is 8.78 Å². The van der Waals surface area contributed by atoms with Crippen molar-refractivity contribution in [2.75, 3.05) is 0 Å². The average molecular weight is 228 g/mol. The predicted octanol–water partition coefficient (Wildman–Crippen LogP) is 3.10. The van der Waals surface area contributed by atoms with E-state index in [9.17, 15) is 13.6 Å². The number of aryl methyl sites for hydroxylation is 1. The van der Waals surface area contributed by atoms with Crippen molar-refractivity contribution in [2.24, 2.45) is 5.92 Å². The summed E-state index contributed by atoms with van der Waals surface area (Å²) in [7, 11) is 0. The van der Waals surface area contributed by atoms with Crippen molar-refractivity contribution in [3.8, 4) is 0 Å². The molecule has 0 aromatic heterocycles. The van der Waals surface area contributed by atoms with E-state index in [2.05, 4.69) is 0 Å². The monoisotopic (exact) mass is 228 g/mol. The fraction of sp³-hybridized carbons (Fsp3) is 0.417. The molecule has 0 aliphatic rings. The van der Waals surface area contributed by atoms with Crippen molar-refractivity contribution >= 4 is 5.97 Å². The molecule has 1 N–H and O–H groups in total. The van der Waals surface area contributed by atoms with Gasteiger partial charge in [-0.25, -0.2) is 8.78 Å². The number of carboxylic acid groups (broad SMARTS) is 1. The van der Waals surface area contributed by atoms with Crippen LogP contribution in [0.1, 0.15) is 30.9 Å². The normalized spacial score (nSPS) is 14.6. The summed E-state index contributed by atoms with van der Waals surface area (Å²) in [6, 6.07) is 2.17. The van der Waals surface area contributed by atoms with Crippen LogP contribution in [0.5, 0.6) is 0 Å². The van der Waals surface area contributed by atoms with Gasteiger partial charge in [0.1, 0.15) is 11.6 Å². The molecule has 0 aliphatic carbocycles. The quantitative estimate of drug-likeness (QED) is 0.863. The molecule has 1 aromatic carbocycles. The van der Waals surface area contributed by atoms with E-state index in [1.807, 2.05) is 0 Å². The van der Waals surface area contributed by atoms with Crippen LogP contribution in [0.2, 0.25) is 0 Å². The maximum absolute atomic E-state index is 13.5. The lowest BCUT2D eigenvalue weighted by molar-refractivity contribution is -0.141. The first-order valence-corrected chi connectivity index (χ1v) is 5.03. The van der Waals surface area contributed by atoms with Crippen LogP contribution in [0.15, 0.2) is 12.1 Å². The Labute approximate surface area is 92.9 Å². The van der Waals surface area contributed by atoms with Crippen molar-refractivity contribution in [2.45, 2.75) is 26.7 Å². The lowest BCUT2D eigenvalue weighted by Gasteiger charge is -2.17. The summed E-state index contributed by atoms with van der Waals surface area (Å²) in [6.45, 7) is 4.52. The lowest BCUT2D eigenvalue weighted by Crippen LogP contribution is -2.18. The second-order valence-corrected chi connectivity index (χ2v) is 4.04. The highest BCUT2D eigenvalue weighted by Gasteiger charge is 2.24. The zero-order chi connectivity index (χ0) is 12.5. The van der Waals surface area contributed by atoms with Gasteiger partial charge in [-0.3, -0.25) is 4.79 Å². The smallest absolute Gasteiger partial charge is 0.306 e. The minimum Gasteiger partial charge on any atom is -0.481 e. The largest absolute Gasteiger partial charge is 0.481 e. The lowest BCUT2D eigenvalue weighted by atomic mass is 9.88. The number of aliphatic carboxylic acids is 1. The third-order valence-electron chi connectivity index (χ3n) is 2.91. The molecule has 0 bridgehead atoms. The molecule has 16 heavy (non-hydrogen) atoms. The van der Waals surface area contributed by atoms with Gasteiger partial charge in [-0.15, -0.1) is 0 Å². The van der Waals surface area contributed by atoms with Gasteiger partial charge in [-0.2, -0.15) is 0 Å². The van der Waals surface area contributed by atoms with Gasteiger partial charge in [0.25, 0.3) is 0 Å². The third kappa shape index (κ3) is 2.38. The number of rotatable bonds is 3. The molecule has 0 spiro atoms. The first kappa shape index (κ1) is 12.6. The SMILES string of the molecule is Cc1cc(F)c(C(C)C(C)C(=O)O)cc1F. The highest BCUT2D eigenvalue weighted by Crippen LogP contribution is 2.28. The molecular weight excluding hydrogens is 214 g/mol. The van der Waals surface area contributed by atoms with Crippen LogP contribution in [-0.4, -0.2) is 11.1 Å². The Morgan fingerprint density at radius 1 is 1.25 bits per heavy atom. The van der Waals surface area contributed by atoms with Crippen LogP contribution >= 0.6 is 0 Å². The van der Waals surface area contributed by atoms with Crippen LogP contribution in [0.25, 0.3) is 0 Å². The number of carbonyl (C=O) groups is 1. The molecular formula is C12H14F2O2. The van der Waals surface area contributed by atoms with Gasteiger partial charge in [0.05, 0.1) is 5.92 Å². The van der Waals surface area contributed by atoms with E-state index in [0.717, 1.165) is 12.1 Å². The molecule has 88 valence electrons. The van der Waals surface area contributed by atoms with Crippen molar-refractivity contribution in [3.05, 3.63) is 34.9 Å². The van der Waals surface area contributed by atoms with E-state index >= 15 is 0 Å². The second kappa shape index (κ2) is 4.60. The second-order valence-electron chi connectivity index (χ2n) is 4.04. The predicted molar refractivity (Wildman–Crippen MR) is 56.3 cm³/mol. The van der Waals surface area contributed by atoms with Crippen molar-refractivity contribution in [1.82, 2.24) is 0 Å². The number of hydrogen-bond donors (Lipinski definition) is 1. The third-order valence-corrected chi connectivity index (χ3v) is 2.91. The first-order valence-electron chi connectivity index (χ1n) is 5.03. The molecule has 0 heterocycles. The van der Waals surface area contributed by atoms with Gasteiger partial charge in [0.2, 0.25) is 0 Å². The molecule has 0 saturated carbocycles. The van der Waals surface area contributed by atoms with Crippen LogP contribution < -0.4 is 0 Å². The Hall–Kier alpha value is -1.45. The number of halogens is 2. The van der Waals surface area contributed by atoms with Gasteiger partial charge < -0.3 is 5.11 Å². The van der Waals surface area contributed by atoms with Gasteiger partial charge in [0.15, 0.2) is 0 Å². The maximum atomic E-state index is 13.5. The van der Waals surface area contributed by atoms with E-state index in [4.69, 9.17) is 5.11 Å². The minimum absolute atomic E-state index is 0.109. The Morgan fingerprint density at radius 3 is 2.31 bits per heavy atom. The number of carboxylic acids is 1. The Morgan fingerprint density at radius 2 is 1.81 bits per heavy atom. The fourth-order valence-corrected chi connectivity index (χ4v) is 1.49. The molecule has 0 saturated heterocycles.